The average Bonchev–Trinajstić information content (AvgIpc) is 3.11. The molecule has 0 aliphatic carbocycles. The second-order valence-electron chi connectivity index (χ2n) is 5.67. The monoisotopic (exact) mass is 335 g/mol. The predicted molar refractivity (Wildman–Crippen MR) is 96.8 cm³/mol. The highest BCUT2D eigenvalue weighted by atomic mass is 16.5. The molecule has 0 saturated carbocycles. The van der Waals surface area contributed by atoms with Crippen LogP contribution < -0.4 is 10.1 Å². The first-order chi connectivity index (χ1) is 12.3. The smallest absolute Gasteiger partial charge is 0.224 e. The summed E-state index contributed by atoms with van der Waals surface area (Å²) >= 11 is 0. The van der Waals surface area contributed by atoms with Crippen LogP contribution in [0.2, 0.25) is 0 Å². The number of amides is 1. The summed E-state index contributed by atoms with van der Waals surface area (Å²) in [4.78, 5) is 12.0. The normalized spacial score (nSPS) is 10.4. The molecule has 5 nitrogen and oxygen atoms in total. The van der Waals surface area contributed by atoms with Gasteiger partial charge in [-0.1, -0.05) is 36.4 Å². The van der Waals surface area contributed by atoms with E-state index in [9.17, 15) is 4.79 Å². The Hall–Kier alpha value is -3.08. The summed E-state index contributed by atoms with van der Waals surface area (Å²) in [6.45, 7) is 1.18. The lowest BCUT2D eigenvalue weighted by atomic mass is 10.2. The molecule has 25 heavy (non-hydrogen) atoms. The Morgan fingerprint density at radius 1 is 1.04 bits per heavy atom. The third kappa shape index (κ3) is 5.21. The molecule has 0 saturated heterocycles. The Balaban J connectivity index is 1.37. The van der Waals surface area contributed by atoms with Crippen LogP contribution in [0.15, 0.2) is 73.1 Å². The quantitative estimate of drug-likeness (QED) is 0.644. The summed E-state index contributed by atoms with van der Waals surface area (Å²) in [5.74, 6) is 0.842. The van der Waals surface area contributed by atoms with Gasteiger partial charge in [-0.15, -0.1) is 0 Å². The van der Waals surface area contributed by atoms with Crippen LogP contribution >= 0.6 is 0 Å². The molecular formula is C20H21N3O2. The Labute approximate surface area is 147 Å². The van der Waals surface area contributed by atoms with Gasteiger partial charge < -0.3 is 10.1 Å². The second-order valence-corrected chi connectivity index (χ2v) is 5.67. The minimum Gasteiger partial charge on any atom is -0.494 e. The number of hydrogen-bond donors (Lipinski definition) is 1. The van der Waals surface area contributed by atoms with Crippen LogP contribution in [0.3, 0.4) is 0 Å². The Kier molecular flexibility index (Phi) is 5.82. The van der Waals surface area contributed by atoms with Gasteiger partial charge in [-0.2, -0.15) is 5.10 Å². The van der Waals surface area contributed by atoms with E-state index in [-0.39, 0.29) is 5.91 Å². The predicted octanol–water partition coefficient (Wildman–Crippen LogP) is 3.00. The lowest BCUT2D eigenvalue weighted by Crippen LogP contribution is -2.27. The molecule has 0 radical (unpaired) electrons. The van der Waals surface area contributed by atoms with Crippen molar-refractivity contribution in [2.45, 2.75) is 12.8 Å². The van der Waals surface area contributed by atoms with Gasteiger partial charge in [-0.3, -0.25) is 4.79 Å². The fourth-order valence-corrected chi connectivity index (χ4v) is 2.43. The molecule has 0 spiro atoms. The van der Waals surface area contributed by atoms with E-state index < -0.39 is 0 Å². The van der Waals surface area contributed by atoms with E-state index in [4.69, 9.17) is 4.74 Å². The molecule has 1 N–H and O–H groups in total. The Morgan fingerprint density at radius 3 is 2.52 bits per heavy atom. The fraction of sp³-hybridized carbons (Fsp3) is 0.200. The van der Waals surface area contributed by atoms with Crippen molar-refractivity contribution in [1.82, 2.24) is 15.1 Å². The van der Waals surface area contributed by atoms with Gasteiger partial charge in [0.1, 0.15) is 5.75 Å². The minimum absolute atomic E-state index is 0.00711. The van der Waals surface area contributed by atoms with Crippen molar-refractivity contribution in [3.8, 4) is 11.4 Å². The SMILES string of the molecule is O=C(Cc1cnn(-c2ccccc2)c1)NCCCOc1ccccc1. The van der Waals surface area contributed by atoms with Gasteiger partial charge in [0.2, 0.25) is 5.91 Å². The van der Waals surface area contributed by atoms with Gasteiger partial charge in [0, 0.05) is 12.7 Å². The van der Waals surface area contributed by atoms with Crippen molar-refractivity contribution in [2.24, 2.45) is 0 Å². The van der Waals surface area contributed by atoms with E-state index in [0.29, 0.717) is 19.6 Å². The molecule has 1 aromatic heterocycles. The minimum atomic E-state index is -0.00711. The fourth-order valence-electron chi connectivity index (χ4n) is 2.43. The summed E-state index contributed by atoms with van der Waals surface area (Å²) in [5.41, 5.74) is 1.87. The maximum Gasteiger partial charge on any atom is 0.224 e. The number of benzene rings is 2. The van der Waals surface area contributed by atoms with Crippen molar-refractivity contribution in [3.05, 3.63) is 78.6 Å². The van der Waals surface area contributed by atoms with E-state index in [2.05, 4.69) is 10.4 Å². The molecule has 128 valence electrons. The zero-order chi connectivity index (χ0) is 17.3. The van der Waals surface area contributed by atoms with Crippen molar-refractivity contribution in [1.29, 1.82) is 0 Å². The van der Waals surface area contributed by atoms with Crippen LogP contribution in [0.25, 0.3) is 5.69 Å². The zero-order valence-electron chi connectivity index (χ0n) is 14.0. The van der Waals surface area contributed by atoms with Crippen LogP contribution in [0.1, 0.15) is 12.0 Å². The van der Waals surface area contributed by atoms with Gasteiger partial charge in [-0.25, -0.2) is 4.68 Å². The van der Waals surface area contributed by atoms with Crippen LogP contribution in [0, 0.1) is 0 Å². The first kappa shape index (κ1) is 16.8. The van der Waals surface area contributed by atoms with Gasteiger partial charge in [0.05, 0.1) is 24.9 Å². The Morgan fingerprint density at radius 2 is 1.76 bits per heavy atom. The lowest BCUT2D eigenvalue weighted by molar-refractivity contribution is -0.120. The van der Waals surface area contributed by atoms with Crippen molar-refractivity contribution in [3.63, 3.8) is 0 Å². The number of para-hydroxylation sites is 2. The highest BCUT2D eigenvalue weighted by Crippen LogP contribution is 2.09. The number of hydrogen-bond acceptors (Lipinski definition) is 3. The number of nitrogens with zero attached hydrogens (tertiary/aromatic N) is 2. The molecule has 3 rings (SSSR count). The highest BCUT2D eigenvalue weighted by Gasteiger charge is 2.06. The first-order valence-electron chi connectivity index (χ1n) is 8.35. The largest absolute Gasteiger partial charge is 0.494 e. The molecule has 0 bridgehead atoms. The Bertz CT molecular complexity index is 785. The molecule has 0 fully saturated rings. The number of ether oxygens (including phenoxy) is 1. The van der Waals surface area contributed by atoms with Crippen LogP contribution in [-0.2, 0) is 11.2 Å². The van der Waals surface area contributed by atoms with E-state index in [1.165, 1.54) is 0 Å². The van der Waals surface area contributed by atoms with E-state index in [0.717, 1.165) is 23.4 Å². The molecule has 3 aromatic rings. The molecule has 0 aliphatic heterocycles. The van der Waals surface area contributed by atoms with E-state index >= 15 is 0 Å². The molecule has 5 heteroatoms. The first-order valence-corrected chi connectivity index (χ1v) is 8.35. The molecular weight excluding hydrogens is 314 g/mol. The van der Waals surface area contributed by atoms with E-state index in [1.54, 1.807) is 10.9 Å². The van der Waals surface area contributed by atoms with Gasteiger partial charge in [0.25, 0.3) is 0 Å². The number of carbonyl (C=O) groups excluding carboxylic acids is 1. The van der Waals surface area contributed by atoms with Crippen LogP contribution in [0.5, 0.6) is 5.75 Å². The molecule has 2 aromatic carbocycles. The molecule has 0 atom stereocenters. The summed E-state index contributed by atoms with van der Waals surface area (Å²) in [7, 11) is 0. The average molecular weight is 335 g/mol. The van der Waals surface area contributed by atoms with E-state index in [1.807, 2.05) is 66.9 Å². The maximum atomic E-state index is 12.0. The third-order valence-electron chi connectivity index (χ3n) is 3.68. The highest BCUT2D eigenvalue weighted by molar-refractivity contribution is 5.78. The zero-order valence-corrected chi connectivity index (χ0v) is 14.0. The topological polar surface area (TPSA) is 56.2 Å². The maximum absolute atomic E-state index is 12.0. The molecule has 0 aliphatic rings. The standard InChI is InChI=1S/C20H21N3O2/c24-20(21-12-7-13-25-19-10-5-2-6-11-19)14-17-15-22-23(16-17)18-8-3-1-4-9-18/h1-6,8-11,15-16H,7,12-14H2,(H,21,24). The number of rotatable bonds is 8. The lowest BCUT2D eigenvalue weighted by Gasteiger charge is -2.07. The van der Waals surface area contributed by atoms with Crippen molar-refractivity contribution in [2.75, 3.05) is 13.2 Å². The number of carbonyl (C=O) groups is 1. The summed E-state index contributed by atoms with van der Waals surface area (Å²) in [5, 5.41) is 7.21. The number of aromatic nitrogens is 2. The number of nitrogens with one attached hydrogen (secondary N) is 1. The van der Waals surface area contributed by atoms with Gasteiger partial charge in [0.15, 0.2) is 0 Å². The van der Waals surface area contributed by atoms with Crippen molar-refractivity contribution >= 4 is 5.91 Å². The van der Waals surface area contributed by atoms with Crippen molar-refractivity contribution < 1.29 is 9.53 Å². The third-order valence-corrected chi connectivity index (χ3v) is 3.68. The molecule has 1 heterocycles. The summed E-state index contributed by atoms with van der Waals surface area (Å²) in [6.07, 6.45) is 4.70. The second kappa shape index (κ2) is 8.68. The van der Waals surface area contributed by atoms with Crippen LogP contribution in [-0.4, -0.2) is 28.8 Å². The summed E-state index contributed by atoms with van der Waals surface area (Å²) < 4.78 is 7.37. The molecule has 0 unspecified atom stereocenters. The summed E-state index contributed by atoms with van der Waals surface area (Å²) in [6, 6.07) is 19.5. The molecule has 1 amide bonds. The van der Waals surface area contributed by atoms with Gasteiger partial charge in [-0.05, 0) is 36.2 Å². The van der Waals surface area contributed by atoms with Crippen LogP contribution in [0.4, 0.5) is 0 Å². The van der Waals surface area contributed by atoms with Gasteiger partial charge >= 0.3 is 0 Å².